The van der Waals surface area contributed by atoms with Crippen molar-refractivity contribution < 1.29 is 24.1 Å². The predicted octanol–water partition coefficient (Wildman–Crippen LogP) is 3.53. The van der Waals surface area contributed by atoms with Gasteiger partial charge in [0.05, 0.1) is 13.7 Å². The maximum absolute atomic E-state index is 11.9. The maximum atomic E-state index is 11.9. The Kier molecular flexibility index (Phi) is 7.49. The van der Waals surface area contributed by atoms with Crippen LogP contribution in [0.4, 0.5) is 4.79 Å². The van der Waals surface area contributed by atoms with Crippen molar-refractivity contribution in [3.63, 3.8) is 0 Å². The van der Waals surface area contributed by atoms with E-state index in [0.29, 0.717) is 12.2 Å². The zero-order chi connectivity index (χ0) is 19.7. The Morgan fingerprint density at radius 3 is 2.33 bits per heavy atom. The van der Waals surface area contributed by atoms with E-state index in [0.717, 1.165) is 11.3 Å². The summed E-state index contributed by atoms with van der Waals surface area (Å²) in [5.41, 5.74) is -0.367. The van der Waals surface area contributed by atoms with Crippen molar-refractivity contribution in [1.82, 2.24) is 5.32 Å². The zero-order valence-corrected chi connectivity index (χ0v) is 16.0. The average Bonchev–Trinajstić information content (AvgIpc) is 2.70. The lowest BCUT2D eigenvalue weighted by Gasteiger charge is -2.32. The fourth-order valence-corrected chi connectivity index (χ4v) is 2.61. The third-order valence-corrected chi connectivity index (χ3v) is 4.21. The second-order valence-corrected chi connectivity index (χ2v) is 6.46. The lowest BCUT2D eigenvalue weighted by molar-refractivity contribution is -0.0474. The van der Waals surface area contributed by atoms with Crippen LogP contribution in [0.15, 0.2) is 54.6 Å². The van der Waals surface area contributed by atoms with Crippen molar-refractivity contribution in [2.45, 2.75) is 38.6 Å². The van der Waals surface area contributed by atoms with Crippen LogP contribution in [0.5, 0.6) is 11.5 Å². The Balaban J connectivity index is 1.85. The Morgan fingerprint density at radius 2 is 1.74 bits per heavy atom. The molecule has 0 bridgehead atoms. The molecule has 0 radical (unpaired) electrons. The summed E-state index contributed by atoms with van der Waals surface area (Å²) >= 11 is 0. The Morgan fingerprint density at radius 1 is 1.11 bits per heavy atom. The number of hydrogen-bond donors (Lipinski definition) is 2. The lowest BCUT2D eigenvalue weighted by atomic mass is 9.97. The predicted molar refractivity (Wildman–Crippen MR) is 103 cm³/mol. The van der Waals surface area contributed by atoms with Gasteiger partial charge >= 0.3 is 6.09 Å². The number of carbonyl (C=O) groups excluding carboxylic acids is 1. The highest BCUT2D eigenvalue weighted by Gasteiger charge is 2.33. The highest BCUT2D eigenvalue weighted by atomic mass is 16.5. The zero-order valence-electron chi connectivity index (χ0n) is 16.0. The van der Waals surface area contributed by atoms with Crippen molar-refractivity contribution in [3.8, 4) is 11.5 Å². The van der Waals surface area contributed by atoms with Crippen LogP contribution >= 0.6 is 0 Å². The van der Waals surface area contributed by atoms with Gasteiger partial charge in [-0.25, -0.2) is 4.79 Å². The van der Waals surface area contributed by atoms with E-state index in [4.69, 9.17) is 14.2 Å². The normalized spacial score (nSPS) is 13.9. The molecule has 27 heavy (non-hydrogen) atoms. The van der Waals surface area contributed by atoms with Gasteiger partial charge in [-0.3, -0.25) is 0 Å². The SMILES string of the molecule is CC[C@@H](Oc1ccc(OC)cc1)[C@@](C)(O)CNC(=O)OCc1ccccc1. The van der Waals surface area contributed by atoms with Crippen molar-refractivity contribution in [2.24, 2.45) is 0 Å². The van der Waals surface area contributed by atoms with Crippen molar-refractivity contribution in [2.75, 3.05) is 13.7 Å². The number of rotatable bonds is 9. The van der Waals surface area contributed by atoms with Gasteiger partial charge in [0.15, 0.2) is 0 Å². The number of ether oxygens (including phenoxy) is 3. The molecule has 0 fully saturated rings. The molecule has 2 aromatic carbocycles. The molecule has 6 heteroatoms. The highest BCUT2D eigenvalue weighted by molar-refractivity contribution is 5.67. The summed E-state index contributed by atoms with van der Waals surface area (Å²) in [7, 11) is 1.60. The number of aliphatic hydroxyl groups is 1. The Hall–Kier alpha value is -2.73. The lowest BCUT2D eigenvalue weighted by Crippen LogP contribution is -2.51. The molecule has 2 rings (SSSR count). The molecule has 1 amide bonds. The first-order valence-electron chi connectivity index (χ1n) is 8.92. The number of benzene rings is 2. The molecule has 0 saturated carbocycles. The summed E-state index contributed by atoms with van der Waals surface area (Å²) in [6, 6.07) is 16.5. The highest BCUT2D eigenvalue weighted by Crippen LogP contribution is 2.23. The van der Waals surface area contributed by atoms with Crippen molar-refractivity contribution in [1.29, 1.82) is 0 Å². The van der Waals surface area contributed by atoms with Crippen LogP contribution in [0.1, 0.15) is 25.8 Å². The molecule has 0 heterocycles. The van der Waals surface area contributed by atoms with Gasteiger partial charge in [-0.1, -0.05) is 37.3 Å². The molecule has 0 aliphatic rings. The monoisotopic (exact) mass is 373 g/mol. The molecule has 0 spiro atoms. The summed E-state index contributed by atoms with van der Waals surface area (Å²) in [6.07, 6.45) is -0.515. The van der Waals surface area contributed by atoms with E-state index in [9.17, 15) is 9.90 Å². The van der Waals surface area contributed by atoms with Gasteiger partial charge in [0.25, 0.3) is 0 Å². The van der Waals surface area contributed by atoms with Gasteiger partial charge in [-0.15, -0.1) is 0 Å². The fraction of sp³-hybridized carbons (Fsp3) is 0.381. The topological polar surface area (TPSA) is 77.0 Å². The minimum atomic E-state index is -1.26. The van der Waals surface area contributed by atoms with E-state index in [1.54, 1.807) is 38.3 Å². The first kappa shape index (κ1) is 20.6. The third kappa shape index (κ3) is 6.49. The second-order valence-electron chi connectivity index (χ2n) is 6.46. The fourth-order valence-electron chi connectivity index (χ4n) is 2.61. The van der Waals surface area contributed by atoms with Crippen LogP contribution in [0.25, 0.3) is 0 Å². The summed E-state index contributed by atoms with van der Waals surface area (Å²) in [5, 5.41) is 13.4. The van der Waals surface area contributed by atoms with Crippen LogP contribution in [0.3, 0.4) is 0 Å². The molecule has 0 aliphatic heterocycles. The van der Waals surface area contributed by atoms with Crippen LogP contribution in [0.2, 0.25) is 0 Å². The average molecular weight is 373 g/mol. The molecule has 0 aromatic heterocycles. The number of methoxy groups -OCH3 is 1. The van der Waals surface area contributed by atoms with Gasteiger partial charge < -0.3 is 24.6 Å². The van der Waals surface area contributed by atoms with Gasteiger partial charge in [0.2, 0.25) is 0 Å². The Labute approximate surface area is 160 Å². The Bertz CT molecular complexity index is 700. The number of carbonyl (C=O) groups is 1. The minimum absolute atomic E-state index is 0.00921. The van der Waals surface area contributed by atoms with Crippen molar-refractivity contribution in [3.05, 3.63) is 60.2 Å². The number of alkyl carbamates (subject to hydrolysis) is 1. The molecule has 2 aromatic rings. The largest absolute Gasteiger partial charge is 0.497 e. The van der Waals surface area contributed by atoms with Gasteiger partial charge in [0, 0.05) is 0 Å². The molecule has 6 nitrogen and oxygen atoms in total. The summed E-state index contributed by atoms with van der Waals surface area (Å²) < 4.78 is 16.2. The van der Waals surface area contributed by atoms with E-state index < -0.39 is 17.8 Å². The van der Waals surface area contributed by atoms with E-state index in [1.165, 1.54) is 0 Å². The molecule has 146 valence electrons. The summed E-state index contributed by atoms with van der Waals surface area (Å²) in [5.74, 6) is 1.35. The van der Waals surface area contributed by atoms with Gasteiger partial charge in [0.1, 0.15) is 29.8 Å². The minimum Gasteiger partial charge on any atom is -0.497 e. The summed E-state index contributed by atoms with van der Waals surface area (Å²) in [6.45, 7) is 3.72. The first-order valence-corrected chi connectivity index (χ1v) is 8.92. The molecule has 0 unspecified atom stereocenters. The standard InChI is InChI=1S/C21H27NO5/c1-4-19(27-18-12-10-17(25-3)11-13-18)21(2,24)15-22-20(23)26-14-16-8-6-5-7-9-16/h5-13,19,24H,4,14-15H2,1-3H3,(H,22,23)/t19-,21+/m1/s1. The van der Waals surface area contributed by atoms with Crippen LogP contribution in [-0.2, 0) is 11.3 Å². The quantitative estimate of drug-likeness (QED) is 0.703. The van der Waals surface area contributed by atoms with Crippen LogP contribution < -0.4 is 14.8 Å². The molecule has 0 aliphatic carbocycles. The van der Waals surface area contributed by atoms with Crippen LogP contribution in [-0.4, -0.2) is 36.6 Å². The third-order valence-electron chi connectivity index (χ3n) is 4.21. The second kappa shape index (κ2) is 9.83. The maximum Gasteiger partial charge on any atom is 0.407 e. The van der Waals surface area contributed by atoms with E-state index in [2.05, 4.69) is 5.32 Å². The molecular formula is C21H27NO5. The van der Waals surface area contributed by atoms with Gasteiger partial charge in [-0.05, 0) is 43.2 Å². The van der Waals surface area contributed by atoms with Gasteiger partial charge in [-0.2, -0.15) is 0 Å². The van der Waals surface area contributed by atoms with E-state index in [1.807, 2.05) is 37.3 Å². The summed E-state index contributed by atoms with van der Waals surface area (Å²) in [4.78, 5) is 11.9. The smallest absolute Gasteiger partial charge is 0.407 e. The molecular weight excluding hydrogens is 346 g/mol. The van der Waals surface area contributed by atoms with E-state index in [-0.39, 0.29) is 13.2 Å². The van der Waals surface area contributed by atoms with Crippen molar-refractivity contribution >= 4 is 6.09 Å². The van der Waals surface area contributed by atoms with E-state index >= 15 is 0 Å². The number of nitrogens with one attached hydrogen (secondary N) is 1. The van der Waals surface area contributed by atoms with Crippen LogP contribution in [0, 0.1) is 0 Å². The molecule has 2 atom stereocenters. The molecule has 2 N–H and O–H groups in total. The number of hydrogen-bond acceptors (Lipinski definition) is 5. The molecule has 0 saturated heterocycles. The first-order chi connectivity index (χ1) is 12.9. The number of amides is 1.